The van der Waals surface area contributed by atoms with Crippen LogP contribution in [-0.2, 0) is 4.79 Å². The second kappa shape index (κ2) is 6.36. The summed E-state index contributed by atoms with van der Waals surface area (Å²) >= 11 is 1.31. The topological polar surface area (TPSA) is 84.2 Å². The Labute approximate surface area is 115 Å². The summed E-state index contributed by atoms with van der Waals surface area (Å²) in [6, 6.07) is 1.34. The number of thiophene rings is 1. The molecule has 2 heterocycles. The second-order valence-corrected chi connectivity index (χ2v) is 5.04. The molecule has 0 aromatic carbocycles. The first-order valence-corrected chi connectivity index (χ1v) is 6.95. The van der Waals surface area contributed by atoms with E-state index in [0.717, 1.165) is 6.42 Å². The van der Waals surface area contributed by atoms with Crippen molar-refractivity contribution in [2.45, 2.75) is 18.9 Å². The maximum absolute atomic E-state index is 12.1. The number of hydrogen-bond acceptors (Lipinski definition) is 4. The van der Waals surface area contributed by atoms with Crippen LogP contribution < -0.4 is 16.4 Å². The van der Waals surface area contributed by atoms with E-state index in [4.69, 9.17) is 5.73 Å². The van der Waals surface area contributed by atoms with Crippen LogP contribution >= 0.6 is 11.3 Å². The highest BCUT2D eigenvalue weighted by molar-refractivity contribution is 7.12. The van der Waals surface area contributed by atoms with Gasteiger partial charge in [-0.3, -0.25) is 9.59 Å². The summed E-state index contributed by atoms with van der Waals surface area (Å²) in [7, 11) is 0. The summed E-state index contributed by atoms with van der Waals surface area (Å²) in [6.07, 6.45) is 1.55. The minimum atomic E-state index is -0.446. The molecule has 1 unspecified atom stereocenters. The number of nitrogens with two attached hydrogens (primary N) is 1. The van der Waals surface area contributed by atoms with Crippen LogP contribution in [0, 0.1) is 11.8 Å². The third-order valence-electron chi connectivity index (χ3n) is 2.79. The lowest BCUT2D eigenvalue weighted by molar-refractivity contribution is -0.124. The van der Waals surface area contributed by atoms with Crippen LogP contribution in [0.4, 0.5) is 0 Å². The van der Waals surface area contributed by atoms with E-state index >= 15 is 0 Å². The van der Waals surface area contributed by atoms with E-state index in [1.807, 2.05) is 0 Å². The van der Waals surface area contributed by atoms with E-state index in [9.17, 15) is 9.59 Å². The van der Waals surface area contributed by atoms with Gasteiger partial charge in [0.05, 0.1) is 6.54 Å². The maximum atomic E-state index is 12.1. The van der Waals surface area contributed by atoms with Crippen LogP contribution in [0.25, 0.3) is 0 Å². The molecule has 6 heteroatoms. The lowest BCUT2D eigenvalue weighted by atomic mass is 10.1. The highest BCUT2D eigenvalue weighted by atomic mass is 32.1. The van der Waals surface area contributed by atoms with Crippen LogP contribution in [0.15, 0.2) is 11.4 Å². The van der Waals surface area contributed by atoms with Gasteiger partial charge in [-0.2, -0.15) is 0 Å². The van der Waals surface area contributed by atoms with E-state index in [0.29, 0.717) is 23.4 Å². The molecule has 19 heavy (non-hydrogen) atoms. The van der Waals surface area contributed by atoms with E-state index in [1.165, 1.54) is 11.3 Å². The molecule has 100 valence electrons. The first-order valence-electron chi connectivity index (χ1n) is 6.07. The van der Waals surface area contributed by atoms with Crippen molar-refractivity contribution in [2.24, 2.45) is 5.73 Å². The molecule has 0 spiro atoms. The molecule has 0 saturated carbocycles. The Balaban J connectivity index is 2.07. The summed E-state index contributed by atoms with van der Waals surface area (Å²) in [5.41, 5.74) is 5.97. The Kier molecular flexibility index (Phi) is 4.55. The Hall–Kier alpha value is -1.84. The molecular weight excluding hydrogens is 262 g/mol. The molecule has 1 aliphatic heterocycles. The Bertz CT molecular complexity index is 542. The Morgan fingerprint density at radius 1 is 1.63 bits per heavy atom. The fraction of sp³-hybridized carbons (Fsp3) is 0.385. The molecule has 2 amide bonds. The van der Waals surface area contributed by atoms with Gasteiger partial charge < -0.3 is 16.4 Å². The maximum Gasteiger partial charge on any atom is 0.263 e. The van der Waals surface area contributed by atoms with Crippen molar-refractivity contribution in [3.63, 3.8) is 0 Å². The van der Waals surface area contributed by atoms with Gasteiger partial charge in [-0.25, -0.2) is 0 Å². The zero-order chi connectivity index (χ0) is 13.7. The SMILES string of the molecule is NCC#Cc1ccsc1C(=O)NC1CCCNC1=O. The molecule has 2 rings (SSSR count). The minimum absolute atomic E-state index is 0.120. The quantitative estimate of drug-likeness (QED) is 0.669. The minimum Gasteiger partial charge on any atom is -0.354 e. The first-order chi connectivity index (χ1) is 9.22. The van der Waals surface area contributed by atoms with Gasteiger partial charge in [0.15, 0.2) is 0 Å². The van der Waals surface area contributed by atoms with Gasteiger partial charge in [-0.15, -0.1) is 11.3 Å². The summed E-state index contributed by atoms with van der Waals surface area (Å²) in [6.45, 7) is 0.930. The number of carbonyl (C=O) groups is 2. The van der Waals surface area contributed by atoms with Gasteiger partial charge in [0.25, 0.3) is 5.91 Å². The third kappa shape index (κ3) is 3.34. The molecule has 0 bridgehead atoms. The van der Waals surface area contributed by atoms with Crippen molar-refractivity contribution in [3.05, 3.63) is 21.9 Å². The summed E-state index contributed by atoms with van der Waals surface area (Å²) in [5, 5.41) is 7.29. The fourth-order valence-corrected chi connectivity index (χ4v) is 2.62. The zero-order valence-electron chi connectivity index (χ0n) is 10.4. The predicted molar refractivity (Wildman–Crippen MR) is 73.7 cm³/mol. The van der Waals surface area contributed by atoms with Gasteiger partial charge >= 0.3 is 0 Å². The van der Waals surface area contributed by atoms with Crippen molar-refractivity contribution in [2.75, 3.05) is 13.1 Å². The van der Waals surface area contributed by atoms with Gasteiger partial charge in [-0.1, -0.05) is 11.8 Å². The van der Waals surface area contributed by atoms with E-state index in [2.05, 4.69) is 22.5 Å². The fourth-order valence-electron chi connectivity index (χ4n) is 1.86. The Morgan fingerprint density at radius 3 is 3.21 bits per heavy atom. The van der Waals surface area contributed by atoms with E-state index in [-0.39, 0.29) is 18.4 Å². The number of rotatable bonds is 2. The Morgan fingerprint density at radius 2 is 2.47 bits per heavy atom. The predicted octanol–water partition coefficient (Wildman–Crippen LogP) is 0.0667. The molecular formula is C13H15N3O2S. The monoisotopic (exact) mass is 277 g/mol. The molecule has 1 aromatic heterocycles. The molecule has 1 atom stereocenters. The van der Waals surface area contributed by atoms with E-state index < -0.39 is 6.04 Å². The summed E-state index contributed by atoms with van der Waals surface area (Å²) in [5.74, 6) is 5.21. The van der Waals surface area contributed by atoms with Crippen molar-refractivity contribution in [1.29, 1.82) is 0 Å². The number of hydrogen-bond donors (Lipinski definition) is 3. The van der Waals surface area contributed by atoms with Crippen molar-refractivity contribution in [3.8, 4) is 11.8 Å². The number of nitrogens with one attached hydrogen (secondary N) is 2. The van der Waals surface area contributed by atoms with Crippen LogP contribution in [0.2, 0.25) is 0 Å². The summed E-state index contributed by atoms with van der Waals surface area (Å²) < 4.78 is 0. The standard InChI is InChI=1S/C13H15N3O2S/c14-6-1-3-9-5-8-19-11(9)13(18)16-10-4-2-7-15-12(10)17/h5,8,10H,2,4,6-7,14H2,(H,15,17)(H,16,18). The van der Waals surface area contributed by atoms with Gasteiger partial charge in [0.2, 0.25) is 5.91 Å². The molecule has 5 nitrogen and oxygen atoms in total. The van der Waals surface area contributed by atoms with Crippen molar-refractivity contribution >= 4 is 23.2 Å². The average Bonchev–Trinajstić information content (AvgIpc) is 2.87. The number of piperidine rings is 1. The summed E-state index contributed by atoms with van der Waals surface area (Å²) in [4.78, 5) is 24.2. The van der Waals surface area contributed by atoms with Crippen LogP contribution in [0.1, 0.15) is 28.1 Å². The van der Waals surface area contributed by atoms with Crippen molar-refractivity contribution < 1.29 is 9.59 Å². The van der Waals surface area contributed by atoms with E-state index in [1.54, 1.807) is 11.4 Å². The number of amides is 2. The van der Waals surface area contributed by atoms with Crippen LogP contribution in [0.3, 0.4) is 0 Å². The third-order valence-corrected chi connectivity index (χ3v) is 3.70. The van der Waals surface area contributed by atoms with Gasteiger partial charge in [0, 0.05) is 12.1 Å². The molecule has 1 saturated heterocycles. The molecule has 0 aliphatic carbocycles. The molecule has 0 radical (unpaired) electrons. The molecule has 1 fully saturated rings. The van der Waals surface area contributed by atoms with Gasteiger partial charge in [-0.05, 0) is 24.3 Å². The smallest absolute Gasteiger partial charge is 0.263 e. The lowest BCUT2D eigenvalue weighted by Gasteiger charge is -2.22. The normalized spacial score (nSPS) is 18.2. The van der Waals surface area contributed by atoms with Gasteiger partial charge in [0.1, 0.15) is 10.9 Å². The highest BCUT2D eigenvalue weighted by Gasteiger charge is 2.25. The average molecular weight is 277 g/mol. The second-order valence-electron chi connectivity index (χ2n) is 4.13. The molecule has 4 N–H and O–H groups in total. The molecule has 1 aliphatic rings. The first kappa shape index (κ1) is 13.6. The lowest BCUT2D eigenvalue weighted by Crippen LogP contribution is -2.50. The molecule has 1 aromatic rings. The van der Waals surface area contributed by atoms with Crippen LogP contribution in [0.5, 0.6) is 0 Å². The van der Waals surface area contributed by atoms with Crippen molar-refractivity contribution in [1.82, 2.24) is 10.6 Å². The largest absolute Gasteiger partial charge is 0.354 e. The number of carbonyl (C=O) groups excluding carboxylic acids is 2. The zero-order valence-corrected chi connectivity index (χ0v) is 11.2. The highest BCUT2D eigenvalue weighted by Crippen LogP contribution is 2.16. The van der Waals surface area contributed by atoms with Crippen LogP contribution in [-0.4, -0.2) is 30.9 Å².